The van der Waals surface area contributed by atoms with E-state index in [1.165, 1.54) is 78.3 Å². The van der Waals surface area contributed by atoms with Crippen molar-refractivity contribution < 1.29 is 0 Å². The minimum Gasteiger partial charge on any atom is -0.113 e. The highest BCUT2D eigenvalue weighted by molar-refractivity contribution is 6.22. The molecule has 2 aromatic carbocycles. The second-order valence-corrected chi connectivity index (χ2v) is 6.92. The molecule has 0 spiro atoms. The van der Waals surface area contributed by atoms with Crippen molar-refractivity contribution >= 4 is 11.6 Å². The maximum atomic E-state index is 6.78. The first-order chi connectivity index (χ1) is 10.3. The van der Waals surface area contributed by atoms with E-state index in [1.807, 2.05) is 0 Å². The molecule has 2 aliphatic rings. The fourth-order valence-corrected chi connectivity index (χ4v) is 4.12. The fourth-order valence-electron chi connectivity index (χ4n) is 3.85. The Balaban J connectivity index is 1.66. The lowest BCUT2D eigenvalue weighted by molar-refractivity contribution is 0.684. The van der Waals surface area contributed by atoms with Crippen molar-refractivity contribution in [2.24, 2.45) is 0 Å². The molecule has 0 radical (unpaired) electrons. The minimum absolute atomic E-state index is 0.0110. The van der Waals surface area contributed by atoms with Gasteiger partial charge in [0, 0.05) is 0 Å². The molecule has 0 amide bonds. The molecule has 21 heavy (non-hydrogen) atoms. The van der Waals surface area contributed by atoms with Gasteiger partial charge in [0.25, 0.3) is 0 Å². The van der Waals surface area contributed by atoms with Crippen molar-refractivity contribution in [3.63, 3.8) is 0 Å². The van der Waals surface area contributed by atoms with E-state index in [2.05, 4.69) is 36.4 Å². The van der Waals surface area contributed by atoms with E-state index in [9.17, 15) is 0 Å². The molecule has 0 fully saturated rings. The van der Waals surface area contributed by atoms with Crippen LogP contribution in [0.25, 0.3) is 0 Å². The van der Waals surface area contributed by atoms with Gasteiger partial charge in [-0.1, -0.05) is 36.4 Å². The second kappa shape index (κ2) is 5.50. The van der Waals surface area contributed by atoms with Crippen molar-refractivity contribution in [3.05, 3.63) is 69.8 Å². The Labute approximate surface area is 132 Å². The van der Waals surface area contributed by atoms with E-state index in [-0.39, 0.29) is 5.38 Å². The summed E-state index contributed by atoms with van der Waals surface area (Å²) in [6.07, 6.45) is 8.87. The van der Waals surface area contributed by atoms with E-state index in [0.29, 0.717) is 0 Å². The number of hydrogen-bond acceptors (Lipinski definition) is 0. The van der Waals surface area contributed by atoms with Gasteiger partial charge in [0.2, 0.25) is 0 Å². The van der Waals surface area contributed by atoms with Gasteiger partial charge in [-0.05, 0) is 78.3 Å². The normalized spacial score (nSPS) is 18.1. The summed E-state index contributed by atoms with van der Waals surface area (Å²) in [6.45, 7) is 0. The van der Waals surface area contributed by atoms with E-state index < -0.39 is 0 Å². The predicted octanol–water partition coefficient (Wildman–Crippen LogP) is 5.38. The zero-order valence-corrected chi connectivity index (χ0v) is 13.1. The van der Waals surface area contributed by atoms with Crippen LogP contribution in [0, 0.1) is 0 Å². The number of hydrogen-bond donors (Lipinski definition) is 0. The number of rotatable bonds is 2. The van der Waals surface area contributed by atoms with Gasteiger partial charge in [-0.15, -0.1) is 11.6 Å². The van der Waals surface area contributed by atoms with Crippen LogP contribution >= 0.6 is 11.6 Å². The van der Waals surface area contributed by atoms with Crippen LogP contribution in [-0.2, 0) is 25.7 Å². The van der Waals surface area contributed by atoms with Crippen LogP contribution in [0.2, 0.25) is 0 Å². The average molecular weight is 297 g/mol. The SMILES string of the molecule is ClC(c1ccc2c(c1)CCCC2)c1ccc2c(c1)CCC2. The quantitative estimate of drug-likeness (QED) is 0.653. The smallest absolute Gasteiger partial charge is 0.0835 e. The maximum Gasteiger partial charge on any atom is 0.0835 e. The summed E-state index contributed by atoms with van der Waals surface area (Å²) < 4.78 is 0. The zero-order valence-electron chi connectivity index (χ0n) is 12.4. The summed E-state index contributed by atoms with van der Waals surface area (Å²) in [6, 6.07) is 13.7. The first-order valence-corrected chi connectivity index (χ1v) is 8.62. The highest BCUT2D eigenvalue weighted by Crippen LogP contribution is 2.34. The molecule has 0 aromatic heterocycles. The van der Waals surface area contributed by atoms with Gasteiger partial charge in [0.15, 0.2) is 0 Å². The summed E-state index contributed by atoms with van der Waals surface area (Å²) in [5.41, 5.74) is 8.60. The lowest BCUT2D eigenvalue weighted by atomic mass is 9.89. The van der Waals surface area contributed by atoms with Gasteiger partial charge >= 0.3 is 0 Å². The highest BCUT2D eigenvalue weighted by Gasteiger charge is 2.17. The summed E-state index contributed by atoms with van der Waals surface area (Å²) >= 11 is 6.78. The summed E-state index contributed by atoms with van der Waals surface area (Å²) in [5.74, 6) is 0. The largest absolute Gasteiger partial charge is 0.113 e. The molecule has 2 aromatic rings. The number of benzene rings is 2. The van der Waals surface area contributed by atoms with Gasteiger partial charge < -0.3 is 0 Å². The van der Waals surface area contributed by atoms with E-state index >= 15 is 0 Å². The molecule has 1 unspecified atom stereocenters. The second-order valence-electron chi connectivity index (χ2n) is 6.48. The van der Waals surface area contributed by atoms with E-state index in [4.69, 9.17) is 11.6 Å². The number of fused-ring (bicyclic) bond motifs is 2. The van der Waals surface area contributed by atoms with Crippen LogP contribution in [0.5, 0.6) is 0 Å². The molecular formula is C20H21Cl. The molecule has 1 atom stereocenters. The lowest BCUT2D eigenvalue weighted by Crippen LogP contribution is -2.04. The van der Waals surface area contributed by atoms with Gasteiger partial charge in [-0.25, -0.2) is 0 Å². The number of aryl methyl sites for hydroxylation is 4. The fraction of sp³-hybridized carbons (Fsp3) is 0.400. The Bertz CT molecular complexity index is 672. The standard InChI is InChI=1S/C20H21Cl/c21-20(19-11-9-15-6-3-7-17(15)13-19)18-10-8-14-4-1-2-5-16(14)12-18/h8-13,20H,1-7H2. The monoisotopic (exact) mass is 296 g/mol. The highest BCUT2D eigenvalue weighted by atomic mass is 35.5. The minimum atomic E-state index is -0.0110. The predicted molar refractivity (Wildman–Crippen MR) is 89.2 cm³/mol. The third-order valence-corrected chi connectivity index (χ3v) is 5.58. The third-order valence-electron chi connectivity index (χ3n) is 5.08. The van der Waals surface area contributed by atoms with Crippen molar-refractivity contribution in [3.8, 4) is 0 Å². The Hall–Kier alpha value is -1.27. The lowest BCUT2D eigenvalue weighted by Gasteiger charge is -2.19. The molecule has 0 saturated carbocycles. The molecule has 4 rings (SSSR count). The molecule has 1 heteroatoms. The number of alkyl halides is 1. The van der Waals surface area contributed by atoms with Crippen molar-refractivity contribution in [1.29, 1.82) is 0 Å². The first kappa shape index (κ1) is 13.4. The van der Waals surface area contributed by atoms with Crippen LogP contribution < -0.4 is 0 Å². The van der Waals surface area contributed by atoms with Crippen LogP contribution in [0.3, 0.4) is 0 Å². The molecule has 108 valence electrons. The summed E-state index contributed by atoms with van der Waals surface area (Å²) in [7, 11) is 0. The maximum absolute atomic E-state index is 6.78. The summed E-state index contributed by atoms with van der Waals surface area (Å²) in [5, 5.41) is -0.0110. The molecule has 2 aliphatic carbocycles. The van der Waals surface area contributed by atoms with Gasteiger partial charge in [-0.2, -0.15) is 0 Å². The Morgan fingerprint density at radius 3 is 1.71 bits per heavy atom. The molecule has 0 nitrogen and oxygen atoms in total. The van der Waals surface area contributed by atoms with Crippen molar-refractivity contribution in [2.75, 3.05) is 0 Å². The Kier molecular flexibility index (Phi) is 3.51. The Morgan fingerprint density at radius 1 is 0.619 bits per heavy atom. The van der Waals surface area contributed by atoms with E-state index in [1.54, 1.807) is 0 Å². The molecule has 0 saturated heterocycles. The van der Waals surface area contributed by atoms with E-state index in [0.717, 1.165) is 0 Å². The molecule has 0 N–H and O–H groups in total. The van der Waals surface area contributed by atoms with Gasteiger partial charge in [0.1, 0.15) is 0 Å². The topological polar surface area (TPSA) is 0 Å². The molecule has 0 aliphatic heterocycles. The van der Waals surface area contributed by atoms with Crippen LogP contribution in [-0.4, -0.2) is 0 Å². The molecular weight excluding hydrogens is 276 g/mol. The molecule has 0 bridgehead atoms. The third kappa shape index (κ3) is 2.51. The summed E-state index contributed by atoms with van der Waals surface area (Å²) in [4.78, 5) is 0. The van der Waals surface area contributed by atoms with Crippen molar-refractivity contribution in [1.82, 2.24) is 0 Å². The van der Waals surface area contributed by atoms with Gasteiger partial charge in [0.05, 0.1) is 5.38 Å². The first-order valence-electron chi connectivity index (χ1n) is 8.19. The van der Waals surface area contributed by atoms with Gasteiger partial charge in [-0.3, -0.25) is 0 Å². The number of halogens is 1. The van der Waals surface area contributed by atoms with Crippen LogP contribution in [0.1, 0.15) is 58.0 Å². The Morgan fingerprint density at radius 2 is 1.10 bits per heavy atom. The zero-order chi connectivity index (χ0) is 14.2. The van der Waals surface area contributed by atoms with Crippen LogP contribution in [0.4, 0.5) is 0 Å². The van der Waals surface area contributed by atoms with Crippen LogP contribution in [0.15, 0.2) is 36.4 Å². The average Bonchev–Trinajstić information content (AvgIpc) is 3.01. The molecule has 0 heterocycles. The van der Waals surface area contributed by atoms with Crippen molar-refractivity contribution in [2.45, 2.75) is 50.3 Å².